The van der Waals surface area contributed by atoms with Crippen LogP contribution in [-0.4, -0.2) is 69.2 Å². The first-order valence-electron chi connectivity index (χ1n) is 10.9. The molecule has 2 rings (SSSR count). The highest BCUT2D eigenvalue weighted by Crippen LogP contribution is 2.28. The third-order valence-electron chi connectivity index (χ3n) is 5.07. The summed E-state index contributed by atoms with van der Waals surface area (Å²) in [6.07, 6.45) is 3.83. The van der Waals surface area contributed by atoms with Gasteiger partial charge in [-0.2, -0.15) is 0 Å². The number of piperidine rings is 1. The molecule has 4 N–H and O–H groups in total. The third kappa shape index (κ3) is 8.10. The number of hydrogen-bond donors (Lipinski definition) is 3. The van der Waals surface area contributed by atoms with Gasteiger partial charge < -0.3 is 25.8 Å². The van der Waals surface area contributed by atoms with Crippen molar-refractivity contribution in [3.8, 4) is 11.5 Å². The number of benzene rings is 1. The van der Waals surface area contributed by atoms with Crippen LogP contribution in [0.2, 0.25) is 0 Å². The van der Waals surface area contributed by atoms with E-state index in [0.717, 1.165) is 69.3 Å². The lowest BCUT2D eigenvalue weighted by Gasteiger charge is -2.32. The molecule has 0 atom stereocenters. The summed E-state index contributed by atoms with van der Waals surface area (Å²) in [7, 11) is 1.66. The Morgan fingerprint density at radius 3 is 2.67 bits per heavy atom. The van der Waals surface area contributed by atoms with E-state index >= 15 is 0 Å². The predicted octanol–water partition coefficient (Wildman–Crippen LogP) is 1.53. The lowest BCUT2D eigenvalue weighted by molar-refractivity contribution is -0.119. The Bertz CT molecular complexity index is 687. The summed E-state index contributed by atoms with van der Waals surface area (Å²) in [5.74, 6) is 2.15. The van der Waals surface area contributed by atoms with Crippen LogP contribution in [0.4, 0.5) is 0 Å². The molecule has 1 aliphatic rings. The molecule has 1 aliphatic heterocycles. The molecule has 0 bridgehead atoms. The van der Waals surface area contributed by atoms with Crippen LogP contribution in [0.5, 0.6) is 11.5 Å². The number of rotatable bonds is 11. The zero-order valence-electron chi connectivity index (χ0n) is 18.6. The largest absolute Gasteiger partial charge is 0.493 e. The standard InChI is InChI=1S/C22H37N5O3/c1-4-24-22(26-18-10-13-27(14-11-18)16-21(23)28)25-12-6-7-17-8-9-19(29-3)20(15-17)30-5-2/h8-9,15,18H,4-7,10-14,16H2,1-3H3,(H2,23,28)(H2,24,25,26). The zero-order valence-corrected chi connectivity index (χ0v) is 18.6. The molecule has 8 nitrogen and oxygen atoms in total. The van der Waals surface area contributed by atoms with Gasteiger partial charge in [-0.15, -0.1) is 0 Å². The molecule has 1 heterocycles. The van der Waals surface area contributed by atoms with E-state index < -0.39 is 0 Å². The number of likely N-dealkylation sites (tertiary alicyclic amines) is 1. The molecule has 0 saturated carbocycles. The molecule has 0 radical (unpaired) electrons. The van der Waals surface area contributed by atoms with E-state index in [1.807, 2.05) is 13.0 Å². The lowest BCUT2D eigenvalue weighted by Crippen LogP contribution is -2.49. The molecule has 30 heavy (non-hydrogen) atoms. The van der Waals surface area contributed by atoms with E-state index in [0.29, 0.717) is 19.2 Å². The Hall–Kier alpha value is -2.48. The van der Waals surface area contributed by atoms with Crippen molar-refractivity contribution in [1.82, 2.24) is 15.5 Å². The van der Waals surface area contributed by atoms with Gasteiger partial charge >= 0.3 is 0 Å². The number of guanidine groups is 1. The van der Waals surface area contributed by atoms with E-state index in [2.05, 4.69) is 34.6 Å². The summed E-state index contributed by atoms with van der Waals surface area (Å²) in [5.41, 5.74) is 6.50. The van der Waals surface area contributed by atoms with Gasteiger partial charge in [0.2, 0.25) is 5.91 Å². The van der Waals surface area contributed by atoms with Crippen LogP contribution in [0.15, 0.2) is 23.2 Å². The van der Waals surface area contributed by atoms with Gasteiger partial charge in [-0.25, -0.2) is 0 Å². The topological polar surface area (TPSA) is 101 Å². The highest BCUT2D eigenvalue weighted by Gasteiger charge is 2.20. The lowest BCUT2D eigenvalue weighted by atomic mass is 10.1. The van der Waals surface area contributed by atoms with Crippen LogP contribution < -0.4 is 25.8 Å². The van der Waals surface area contributed by atoms with Gasteiger partial charge in [-0.3, -0.25) is 14.7 Å². The number of nitrogens with zero attached hydrogens (tertiary/aromatic N) is 2. The maximum Gasteiger partial charge on any atom is 0.231 e. The van der Waals surface area contributed by atoms with Crippen LogP contribution in [0.3, 0.4) is 0 Å². The average Bonchev–Trinajstić information content (AvgIpc) is 2.73. The predicted molar refractivity (Wildman–Crippen MR) is 120 cm³/mol. The third-order valence-corrected chi connectivity index (χ3v) is 5.07. The molecule has 8 heteroatoms. The minimum atomic E-state index is -0.262. The molecule has 1 aromatic rings. The van der Waals surface area contributed by atoms with Gasteiger partial charge in [0.15, 0.2) is 17.5 Å². The Morgan fingerprint density at radius 1 is 1.27 bits per heavy atom. The molecule has 0 aromatic heterocycles. The summed E-state index contributed by atoms with van der Waals surface area (Å²) >= 11 is 0. The minimum Gasteiger partial charge on any atom is -0.493 e. The minimum absolute atomic E-state index is 0.262. The second-order valence-corrected chi connectivity index (χ2v) is 7.44. The van der Waals surface area contributed by atoms with E-state index in [-0.39, 0.29) is 5.91 Å². The van der Waals surface area contributed by atoms with Crippen LogP contribution in [-0.2, 0) is 11.2 Å². The van der Waals surface area contributed by atoms with E-state index in [4.69, 9.17) is 20.2 Å². The Morgan fingerprint density at radius 2 is 2.03 bits per heavy atom. The second-order valence-electron chi connectivity index (χ2n) is 7.44. The fraction of sp³-hybridized carbons (Fsp3) is 0.636. The molecule has 168 valence electrons. The normalized spacial score (nSPS) is 15.6. The van der Waals surface area contributed by atoms with Crippen LogP contribution in [0.1, 0.15) is 38.7 Å². The average molecular weight is 420 g/mol. The van der Waals surface area contributed by atoms with Crippen molar-refractivity contribution in [1.29, 1.82) is 0 Å². The molecule has 0 spiro atoms. The fourth-order valence-corrected chi connectivity index (χ4v) is 3.59. The van der Waals surface area contributed by atoms with Crippen molar-refractivity contribution in [3.63, 3.8) is 0 Å². The summed E-state index contributed by atoms with van der Waals surface area (Å²) < 4.78 is 11.0. The number of methoxy groups -OCH3 is 1. The number of ether oxygens (including phenoxy) is 2. The van der Waals surface area contributed by atoms with Crippen molar-refractivity contribution in [3.05, 3.63) is 23.8 Å². The molecular formula is C22H37N5O3. The SMILES string of the molecule is CCNC(=NCCCc1ccc(OC)c(OCC)c1)NC1CCN(CC(N)=O)CC1. The number of aryl methyl sites for hydroxylation is 1. The van der Waals surface area contributed by atoms with Gasteiger partial charge in [-0.05, 0) is 57.2 Å². The highest BCUT2D eigenvalue weighted by atomic mass is 16.5. The van der Waals surface area contributed by atoms with E-state index in [9.17, 15) is 4.79 Å². The first kappa shape index (κ1) is 23.8. The summed E-state index contributed by atoms with van der Waals surface area (Å²) in [4.78, 5) is 17.9. The molecule has 1 aromatic carbocycles. The number of amides is 1. The second kappa shape index (κ2) is 13.0. The molecule has 1 amide bonds. The van der Waals surface area contributed by atoms with Crippen molar-refractivity contribution >= 4 is 11.9 Å². The van der Waals surface area contributed by atoms with Gasteiger partial charge in [0.1, 0.15) is 0 Å². The monoisotopic (exact) mass is 419 g/mol. The Kier molecular flexibility index (Phi) is 10.3. The van der Waals surface area contributed by atoms with Crippen molar-refractivity contribution in [2.45, 2.75) is 45.6 Å². The summed E-state index contributed by atoms with van der Waals surface area (Å²) in [6.45, 7) is 8.31. The molecule has 0 unspecified atom stereocenters. The summed E-state index contributed by atoms with van der Waals surface area (Å²) in [5, 5.41) is 6.86. The van der Waals surface area contributed by atoms with Crippen molar-refractivity contribution in [2.75, 3.05) is 46.4 Å². The van der Waals surface area contributed by atoms with Crippen molar-refractivity contribution in [2.24, 2.45) is 10.7 Å². The first-order valence-corrected chi connectivity index (χ1v) is 10.9. The number of carbonyl (C=O) groups is 1. The molecule has 0 aliphatic carbocycles. The number of carbonyl (C=O) groups excluding carboxylic acids is 1. The maximum atomic E-state index is 11.1. The van der Waals surface area contributed by atoms with Crippen molar-refractivity contribution < 1.29 is 14.3 Å². The number of nitrogens with one attached hydrogen (secondary N) is 2. The highest BCUT2D eigenvalue weighted by molar-refractivity contribution is 5.80. The molecule has 1 fully saturated rings. The first-order chi connectivity index (χ1) is 14.5. The van der Waals surface area contributed by atoms with Crippen LogP contribution >= 0.6 is 0 Å². The van der Waals surface area contributed by atoms with Crippen LogP contribution in [0, 0.1) is 0 Å². The number of nitrogens with two attached hydrogens (primary N) is 1. The quantitative estimate of drug-likeness (QED) is 0.286. The fourth-order valence-electron chi connectivity index (χ4n) is 3.59. The number of aliphatic imine (C=N–C) groups is 1. The number of primary amides is 1. The summed E-state index contributed by atoms with van der Waals surface area (Å²) in [6, 6.07) is 6.45. The Balaban J connectivity index is 1.81. The zero-order chi connectivity index (χ0) is 21.8. The Labute approximate surface area is 180 Å². The van der Waals surface area contributed by atoms with Gasteiger partial charge in [0.25, 0.3) is 0 Å². The number of hydrogen-bond acceptors (Lipinski definition) is 5. The van der Waals surface area contributed by atoms with Crippen LogP contribution in [0.25, 0.3) is 0 Å². The molecular weight excluding hydrogens is 382 g/mol. The smallest absolute Gasteiger partial charge is 0.231 e. The maximum absolute atomic E-state index is 11.1. The van der Waals surface area contributed by atoms with Gasteiger partial charge in [0, 0.05) is 32.2 Å². The molecule has 1 saturated heterocycles. The van der Waals surface area contributed by atoms with E-state index in [1.54, 1.807) is 7.11 Å². The van der Waals surface area contributed by atoms with E-state index in [1.165, 1.54) is 5.56 Å². The van der Waals surface area contributed by atoms with Gasteiger partial charge in [-0.1, -0.05) is 6.07 Å². The van der Waals surface area contributed by atoms with Gasteiger partial charge in [0.05, 0.1) is 20.3 Å².